The van der Waals surface area contributed by atoms with Gasteiger partial charge in [-0.15, -0.1) is 24.0 Å². The van der Waals surface area contributed by atoms with Gasteiger partial charge < -0.3 is 25.2 Å². The van der Waals surface area contributed by atoms with Gasteiger partial charge in [0.15, 0.2) is 5.96 Å². The van der Waals surface area contributed by atoms with Gasteiger partial charge >= 0.3 is 6.09 Å². The number of guanidine groups is 1. The Labute approximate surface area is 213 Å². The van der Waals surface area contributed by atoms with Crippen molar-refractivity contribution < 1.29 is 14.3 Å². The van der Waals surface area contributed by atoms with Crippen LogP contribution in [0.5, 0.6) is 0 Å². The van der Waals surface area contributed by atoms with E-state index in [1.807, 2.05) is 45.0 Å². The third kappa shape index (κ3) is 6.74. The highest BCUT2D eigenvalue weighted by atomic mass is 127. The Kier molecular flexibility index (Phi) is 8.47. The van der Waals surface area contributed by atoms with Crippen LogP contribution < -0.4 is 10.6 Å². The number of hydrogen-bond donors (Lipinski definition) is 2. The molecular formula is C24H36IN5O3. The number of ether oxygens (including phenoxy) is 1. The van der Waals surface area contributed by atoms with Crippen LogP contribution in [0.4, 0.5) is 10.5 Å². The van der Waals surface area contributed by atoms with Crippen molar-refractivity contribution in [3.8, 4) is 0 Å². The van der Waals surface area contributed by atoms with Gasteiger partial charge in [-0.3, -0.25) is 9.79 Å². The molecule has 2 fully saturated rings. The van der Waals surface area contributed by atoms with Crippen molar-refractivity contribution in [3.63, 3.8) is 0 Å². The van der Waals surface area contributed by atoms with Crippen LogP contribution in [0.25, 0.3) is 0 Å². The Hall–Kier alpha value is -2.04. The largest absolute Gasteiger partial charge is 0.444 e. The molecule has 0 bridgehead atoms. The summed E-state index contributed by atoms with van der Waals surface area (Å²) in [6.07, 6.45) is 4.04. The molecule has 1 aromatic carbocycles. The lowest BCUT2D eigenvalue weighted by Crippen LogP contribution is -2.57. The molecule has 2 aliphatic heterocycles. The number of carbonyl (C=O) groups is 2. The molecule has 182 valence electrons. The normalized spacial score (nSPS) is 20.6. The first kappa shape index (κ1) is 25.6. The molecule has 0 radical (unpaired) electrons. The summed E-state index contributed by atoms with van der Waals surface area (Å²) in [5.74, 6) is 1.17. The van der Waals surface area contributed by atoms with Crippen LogP contribution in [0.3, 0.4) is 0 Å². The lowest BCUT2D eigenvalue weighted by molar-refractivity contribution is -0.119. The molecule has 2 amide bonds. The molecule has 4 rings (SSSR count). The average Bonchev–Trinajstić information content (AvgIpc) is 3.41. The van der Waals surface area contributed by atoms with E-state index in [1.54, 1.807) is 4.90 Å². The van der Waals surface area contributed by atoms with E-state index < -0.39 is 5.60 Å². The number of amides is 2. The molecule has 2 N–H and O–H groups in total. The molecule has 0 spiro atoms. The minimum absolute atomic E-state index is 0. The molecule has 0 aromatic heterocycles. The lowest BCUT2D eigenvalue weighted by atomic mass is 10.1. The molecule has 3 aliphatic rings. The van der Waals surface area contributed by atoms with Gasteiger partial charge in [-0.1, -0.05) is 25.0 Å². The summed E-state index contributed by atoms with van der Waals surface area (Å²) in [7, 11) is 0. The van der Waals surface area contributed by atoms with Gasteiger partial charge in [0.2, 0.25) is 5.91 Å². The van der Waals surface area contributed by atoms with E-state index in [0.717, 1.165) is 49.4 Å². The molecule has 1 aromatic rings. The number of nitrogens with zero attached hydrogens (tertiary/aromatic N) is 3. The monoisotopic (exact) mass is 569 g/mol. The highest BCUT2D eigenvalue weighted by Gasteiger charge is 2.36. The Morgan fingerprint density at radius 3 is 2.67 bits per heavy atom. The van der Waals surface area contributed by atoms with Crippen LogP contribution in [0.1, 0.15) is 52.0 Å². The minimum Gasteiger partial charge on any atom is -0.444 e. The predicted molar refractivity (Wildman–Crippen MR) is 140 cm³/mol. The van der Waals surface area contributed by atoms with Crippen LogP contribution in [0.15, 0.2) is 29.3 Å². The van der Waals surface area contributed by atoms with Crippen molar-refractivity contribution in [1.82, 2.24) is 15.1 Å². The van der Waals surface area contributed by atoms with Gasteiger partial charge in [-0.2, -0.15) is 0 Å². The molecule has 1 aliphatic carbocycles. The third-order valence-corrected chi connectivity index (χ3v) is 6.23. The molecule has 8 nitrogen and oxygen atoms in total. The first-order valence-electron chi connectivity index (χ1n) is 11.7. The van der Waals surface area contributed by atoms with E-state index in [1.165, 1.54) is 0 Å². The number of nitrogens with one attached hydrogen (secondary N) is 2. The second-order valence-corrected chi connectivity index (χ2v) is 9.96. The van der Waals surface area contributed by atoms with E-state index in [9.17, 15) is 9.59 Å². The average molecular weight is 569 g/mol. The fraction of sp³-hybridized carbons (Fsp3) is 0.625. The quantitative estimate of drug-likeness (QED) is 0.539. The van der Waals surface area contributed by atoms with Crippen molar-refractivity contribution in [2.24, 2.45) is 10.9 Å². The highest BCUT2D eigenvalue weighted by Crippen LogP contribution is 2.26. The number of aliphatic imine (C=N–C) groups is 1. The van der Waals surface area contributed by atoms with Crippen molar-refractivity contribution in [2.75, 3.05) is 31.5 Å². The number of anilines is 1. The first-order valence-corrected chi connectivity index (χ1v) is 11.7. The van der Waals surface area contributed by atoms with Gasteiger partial charge in [0.25, 0.3) is 0 Å². The summed E-state index contributed by atoms with van der Waals surface area (Å²) in [6.45, 7) is 8.92. The zero-order chi connectivity index (χ0) is 22.7. The topological polar surface area (TPSA) is 86.3 Å². The number of piperazine rings is 1. The number of fused-ring (bicyclic) bond motifs is 1. The van der Waals surface area contributed by atoms with Crippen molar-refractivity contribution in [3.05, 3.63) is 29.8 Å². The number of benzene rings is 1. The van der Waals surface area contributed by atoms with E-state index in [0.29, 0.717) is 26.2 Å². The van der Waals surface area contributed by atoms with Crippen LogP contribution in [0, 0.1) is 5.92 Å². The summed E-state index contributed by atoms with van der Waals surface area (Å²) in [5.41, 5.74) is 1.45. The standard InChI is InChI=1S/C24H35N5O3.HI/c1-24(2,3)32-23(31)28-11-12-29-20(16-28)15-26-22(29)25-14-17-7-6-10-19(13-17)27-21(30)18-8-4-5-9-18;/h6-7,10,13,18,20H,4-5,8-9,11-12,14-16H2,1-3H3,(H,25,26)(H,27,30);1H. The van der Waals surface area contributed by atoms with Gasteiger partial charge in [0.05, 0.1) is 12.6 Å². The Bertz CT molecular complexity index is 879. The van der Waals surface area contributed by atoms with Crippen LogP contribution in [-0.2, 0) is 16.1 Å². The Morgan fingerprint density at radius 1 is 1.18 bits per heavy atom. The zero-order valence-corrected chi connectivity index (χ0v) is 22.1. The summed E-state index contributed by atoms with van der Waals surface area (Å²) in [4.78, 5) is 33.5. The maximum Gasteiger partial charge on any atom is 0.410 e. The number of rotatable bonds is 4. The number of hydrogen-bond acceptors (Lipinski definition) is 6. The summed E-state index contributed by atoms with van der Waals surface area (Å²) in [5, 5.41) is 6.52. The first-order chi connectivity index (χ1) is 15.3. The van der Waals surface area contributed by atoms with Crippen molar-refractivity contribution in [1.29, 1.82) is 0 Å². The molecule has 1 saturated carbocycles. The van der Waals surface area contributed by atoms with Crippen LogP contribution in [-0.4, -0.2) is 65.6 Å². The summed E-state index contributed by atoms with van der Waals surface area (Å²) in [6, 6.07) is 8.16. The molecule has 2 heterocycles. The Balaban J connectivity index is 0.00000306. The fourth-order valence-electron chi connectivity index (χ4n) is 4.60. The lowest BCUT2D eigenvalue weighted by Gasteiger charge is -2.39. The molecule has 1 atom stereocenters. The molecule has 9 heteroatoms. The van der Waals surface area contributed by atoms with E-state index in [-0.39, 0.29) is 47.9 Å². The smallest absolute Gasteiger partial charge is 0.410 e. The SMILES string of the molecule is CC(C)(C)OC(=O)N1CCN2C(NCc3cccc(NC(=O)C4CCCC4)c3)=NCC2C1.I. The minimum atomic E-state index is -0.488. The van der Waals surface area contributed by atoms with Gasteiger partial charge in [0, 0.05) is 37.8 Å². The summed E-state index contributed by atoms with van der Waals surface area (Å²) < 4.78 is 5.51. The van der Waals surface area contributed by atoms with Gasteiger partial charge in [-0.05, 0) is 51.3 Å². The van der Waals surface area contributed by atoms with Crippen molar-refractivity contribution in [2.45, 2.75) is 64.6 Å². The van der Waals surface area contributed by atoms with E-state index >= 15 is 0 Å². The highest BCUT2D eigenvalue weighted by molar-refractivity contribution is 14.0. The summed E-state index contributed by atoms with van der Waals surface area (Å²) >= 11 is 0. The fourth-order valence-corrected chi connectivity index (χ4v) is 4.60. The number of carbonyl (C=O) groups excluding carboxylic acids is 2. The molecule has 1 unspecified atom stereocenters. The predicted octanol–water partition coefficient (Wildman–Crippen LogP) is 3.81. The second kappa shape index (κ2) is 10.9. The zero-order valence-electron chi connectivity index (χ0n) is 19.8. The van der Waals surface area contributed by atoms with Crippen LogP contribution in [0.2, 0.25) is 0 Å². The van der Waals surface area contributed by atoms with Crippen molar-refractivity contribution >= 4 is 47.6 Å². The Morgan fingerprint density at radius 2 is 1.94 bits per heavy atom. The molecular weight excluding hydrogens is 533 g/mol. The molecule has 1 saturated heterocycles. The van der Waals surface area contributed by atoms with Gasteiger partial charge in [0.1, 0.15) is 5.60 Å². The maximum atomic E-state index is 12.4. The third-order valence-electron chi connectivity index (χ3n) is 6.23. The van der Waals surface area contributed by atoms with Gasteiger partial charge in [-0.25, -0.2) is 4.79 Å². The van der Waals surface area contributed by atoms with E-state index in [2.05, 4.69) is 20.5 Å². The second-order valence-electron chi connectivity index (χ2n) is 9.96. The number of halogens is 1. The van der Waals surface area contributed by atoms with Crippen LogP contribution >= 0.6 is 24.0 Å². The maximum absolute atomic E-state index is 12.4. The van der Waals surface area contributed by atoms with E-state index in [4.69, 9.17) is 4.74 Å². The molecule has 33 heavy (non-hydrogen) atoms.